The monoisotopic (exact) mass is 215 g/mol. The number of carboxylic acids is 1. The maximum Gasteiger partial charge on any atom is 0.328 e. The molecule has 0 saturated carbocycles. The van der Waals surface area contributed by atoms with Crippen molar-refractivity contribution in [3.63, 3.8) is 0 Å². The van der Waals surface area contributed by atoms with Crippen LogP contribution in [-0.4, -0.2) is 25.6 Å². The molecule has 2 aromatic rings. The number of imidazole rings is 1. The van der Waals surface area contributed by atoms with Crippen LogP contribution < -0.4 is 0 Å². The summed E-state index contributed by atoms with van der Waals surface area (Å²) in [5, 5.41) is 8.57. The van der Waals surface area contributed by atoms with E-state index in [4.69, 9.17) is 5.11 Å². The van der Waals surface area contributed by atoms with Crippen LogP contribution >= 0.6 is 0 Å². The van der Waals surface area contributed by atoms with E-state index in [1.807, 2.05) is 0 Å². The molecule has 0 saturated heterocycles. The van der Waals surface area contributed by atoms with Crippen molar-refractivity contribution in [1.29, 1.82) is 0 Å². The minimum atomic E-state index is -0.986. The van der Waals surface area contributed by atoms with Crippen LogP contribution in [-0.2, 0) is 4.79 Å². The lowest BCUT2D eigenvalue weighted by Gasteiger charge is -2.04. The molecule has 0 aliphatic rings. The molecule has 5 nitrogen and oxygen atoms in total. The van der Waals surface area contributed by atoms with E-state index in [0.717, 1.165) is 11.6 Å². The molecule has 1 N–H and O–H groups in total. The quantitative estimate of drug-likeness (QED) is 0.785. The third-order valence-electron chi connectivity index (χ3n) is 1.97. The maximum absolute atomic E-state index is 10.4. The van der Waals surface area contributed by atoms with Gasteiger partial charge in [-0.25, -0.2) is 14.8 Å². The molecule has 0 radical (unpaired) electrons. The Morgan fingerprint density at radius 2 is 2.31 bits per heavy atom. The van der Waals surface area contributed by atoms with Gasteiger partial charge < -0.3 is 5.11 Å². The summed E-state index contributed by atoms with van der Waals surface area (Å²) in [4.78, 5) is 18.5. The second-order valence-corrected chi connectivity index (χ2v) is 3.06. The predicted molar refractivity (Wildman–Crippen MR) is 58.0 cm³/mol. The van der Waals surface area contributed by atoms with E-state index in [1.165, 1.54) is 6.08 Å². The van der Waals surface area contributed by atoms with Crippen molar-refractivity contribution in [2.75, 3.05) is 0 Å². The Labute approximate surface area is 91.7 Å². The summed E-state index contributed by atoms with van der Waals surface area (Å²) >= 11 is 0. The molecule has 2 aromatic heterocycles. The topological polar surface area (TPSA) is 68.0 Å². The first-order chi connectivity index (χ1) is 7.77. The van der Waals surface area contributed by atoms with Gasteiger partial charge in [0.1, 0.15) is 12.1 Å². The summed E-state index contributed by atoms with van der Waals surface area (Å²) in [7, 11) is 0. The summed E-state index contributed by atoms with van der Waals surface area (Å²) < 4.78 is 1.72. The molecule has 2 heterocycles. The van der Waals surface area contributed by atoms with Gasteiger partial charge in [0.15, 0.2) is 0 Å². The molecule has 0 aromatic carbocycles. The molecule has 2 rings (SSSR count). The van der Waals surface area contributed by atoms with Crippen molar-refractivity contribution < 1.29 is 9.90 Å². The van der Waals surface area contributed by atoms with Gasteiger partial charge in [-0.1, -0.05) is 0 Å². The highest BCUT2D eigenvalue weighted by Crippen LogP contribution is 2.12. The van der Waals surface area contributed by atoms with E-state index in [1.54, 1.807) is 41.6 Å². The summed E-state index contributed by atoms with van der Waals surface area (Å²) in [6.07, 6.45) is 9.23. The van der Waals surface area contributed by atoms with Gasteiger partial charge in [-0.2, -0.15) is 0 Å². The van der Waals surface area contributed by atoms with E-state index in [-0.39, 0.29) is 0 Å². The number of hydrogen-bond donors (Lipinski definition) is 1. The average Bonchev–Trinajstić information content (AvgIpc) is 2.80. The van der Waals surface area contributed by atoms with Gasteiger partial charge in [0.05, 0.1) is 0 Å². The van der Waals surface area contributed by atoms with E-state index < -0.39 is 5.97 Å². The molecule has 0 unspecified atom stereocenters. The number of nitrogens with zero attached hydrogens (tertiary/aromatic N) is 3. The lowest BCUT2D eigenvalue weighted by atomic mass is 10.2. The van der Waals surface area contributed by atoms with Gasteiger partial charge in [0.25, 0.3) is 0 Å². The van der Waals surface area contributed by atoms with E-state index in [0.29, 0.717) is 5.82 Å². The van der Waals surface area contributed by atoms with Crippen molar-refractivity contribution in [2.24, 2.45) is 0 Å². The molecule has 0 aliphatic heterocycles. The molecular formula is C11H9N3O2. The van der Waals surface area contributed by atoms with Crippen LogP contribution in [0.15, 0.2) is 43.1 Å². The fourth-order valence-electron chi connectivity index (χ4n) is 1.30. The van der Waals surface area contributed by atoms with E-state index in [2.05, 4.69) is 9.97 Å². The number of carboxylic acid groups (broad SMARTS) is 1. The Kier molecular flexibility index (Phi) is 2.77. The molecule has 0 fully saturated rings. The number of carbonyl (C=O) groups is 1. The van der Waals surface area contributed by atoms with E-state index in [9.17, 15) is 4.79 Å². The Bertz CT molecular complexity index is 518. The molecule has 0 aliphatic carbocycles. The second kappa shape index (κ2) is 4.39. The number of aliphatic carboxylic acids is 1. The fourth-order valence-corrected chi connectivity index (χ4v) is 1.30. The third-order valence-corrected chi connectivity index (χ3v) is 1.97. The van der Waals surface area contributed by atoms with Crippen molar-refractivity contribution >= 4 is 12.0 Å². The van der Waals surface area contributed by atoms with Crippen molar-refractivity contribution in [3.8, 4) is 5.82 Å². The average molecular weight is 215 g/mol. The molecular weight excluding hydrogens is 206 g/mol. The first-order valence-corrected chi connectivity index (χ1v) is 4.62. The van der Waals surface area contributed by atoms with Gasteiger partial charge in [-0.15, -0.1) is 0 Å². The lowest BCUT2D eigenvalue weighted by molar-refractivity contribution is -0.131. The van der Waals surface area contributed by atoms with Crippen LogP contribution in [0.1, 0.15) is 5.56 Å². The zero-order valence-electron chi connectivity index (χ0n) is 8.32. The third kappa shape index (κ3) is 2.14. The summed E-state index contributed by atoms with van der Waals surface area (Å²) in [5.41, 5.74) is 0.725. The lowest BCUT2D eigenvalue weighted by Crippen LogP contribution is -1.97. The predicted octanol–water partition coefficient (Wildman–Crippen LogP) is 1.37. The van der Waals surface area contributed by atoms with Crippen LogP contribution in [0, 0.1) is 0 Å². The maximum atomic E-state index is 10.4. The van der Waals surface area contributed by atoms with E-state index >= 15 is 0 Å². The van der Waals surface area contributed by atoms with Crippen molar-refractivity contribution in [1.82, 2.24) is 14.5 Å². The molecule has 80 valence electrons. The van der Waals surface area contributed by atoms with Gasteiger partial charge in [0, 0.05) is 30.2 Å². The number of hydrogen-bond acceptors (Lipinski definition) is 3. The molecule has 5 heteroatoms. The van der Waals surface area contributed by atoms with Crippen molar-refractivity contribution in [2.45, 2.75) is 0 Å². The molecule has 0 atom stereocenters. The van der Waals surface area contributed by atoms with Crippen LogP contribution in [0.4, 0.5) is 0 Å². The van der Waals surface area contributed by atoms with Gasteiger partial charge in [-0.05, 0) is 18.2 Å². The largest absolute Gasteiger partial charge is 0.478 e. The smallest absolute Gasteiger partial charge is 0.328 e. The van der Waals surface area contributed by atoms with Gasteiger partial charge in [-0.3, -0.25) is 4.57 Å². The normalized spacial score (nSPS) is 10.8. The highest BCUT2D eigenvalue weighted by Gasteiger charge is 2.02. The first kappa shape index (κ1) is 10.1. The Morgan fingerprint density at radius 1 is 1.44 bits per heavy atom. The number of rotatable bonds is 3. The molecule has 0 bridgehead atoms. The summed E-state index contributed by atoms with van der Waals surface area (Å²) in [6.45, 7) is 0. The standard InChI is InChI=1S/C11H9N3O2/c15-10(16)4-3-9-2-1-5-13-11(9)14-7-6-12-8-14/h1-8H,(H,15,16)/b4-3+. The highest BCUT2D eigenvalue weighted by molar-refractivity contribution is 5.85. The van der Waals surface area contributed by atoms with Crippen LogP contribution in [0.25, 0.3) is 11.9 Å². The zero-order valence-corrected chi connectivity index (χ0v) is 8.32. The van der Waals surface area contributed by atoms with Crippen molar-refractivity contribution in [3.05, 3.63) is 48.7 Å². The number of aromatic nitrogens is 3. The van der Waals surface area contributed by atoms with Crippen LogP contribution in [0.2, 0.25) is 0 Å². The highest BCUT2D eigenvalue weighted by atomic mass is 16.4. The Morgan fingerprint density at radius 3 is 3.00 bits per heavy atom. The zero-order chi connectivity index (χ0) is 11.4. The number of pyridine rings is 1. The van der Waals surface area contributed by atoms with Crippen LogP contribution in [0.5, 0.6) is 0 Å². The molecule has 0 amide bonds. The fraction of sp³-hybridized carbons (Fsp3) is 0. The molecule has 16 heavy (non-hydrogen) atoms. The van der Waals surface area contributed by atoms with Crippen LogP contribution in [0.3, 0.4) is 0 Å². The summed E-state index contributed by atoms with van der Waals surface area (Å²) in [6, 6.07) is 3.55. The Balaban J connectivity index is 2.42. The minimum Gasteiger partial charge on any atom is -0.478 e. The Hall–Kier alpha value is -2.43. The minimum absolute atomic E-state index is 0.650. The van der Waals surface area contributed by atoms with Gasteiger partial charge >= 0.3 is 5.97 Å². The SMILES string of the molecule is O=C(O)/C=C/c1cccnc1-n1ccnc1. The first-order valence-electron chi connectivity index (χ1n) is 4.62. The van der Waals surface area contributed by atoms with Gasteiger partial charge in [0.2, 0.25) is 0 Å². The molecule has 0 spiro atoms. The summed E-state index contributed by atoms with van der Waals surface area (Å²) in [5.74, 6) is -0.335. The second-order valence-electron chi connectivity index (χ2n) is 3.06.